The van der Waals surface area contributed by atoms with E-state index in [4.69, 9.17) is 0 Å². The Bertz CT molecular complexity index is 1090. The minimum Gasteiger partial charge on any atom is -0.258 e. The number of aromatic nitrogens is 5. The minimum atomic E-state index is -0.412. The maximum absolute atomic E-state index is 10.9. The first-order valence-electron chi connectivity index (χ1n) is 7.30. The van der Waals surface area contributed by atoms with Gasteiger partial charge in [-0.25, -0.2) is 4.98 Å². The van der Waals surface area contributed by atoms with Gasteiger partial charge in [-0.15, -0.1) is 28.2 Å². The molecule has 0 radical (unpaired) electrons. The molecule has 11 heteroatoms. The second-order valence-corrected chi connectivity index (χ2v) is 8.19. The first-order valence-corrected chi connectivity index (χ1v) is 10.2. The highest BCUT2D eigenvalue weighted by Crippen LogP contribution is 2.35. The number of nitrogens with zero attached hydrogens (tertiary/aromatic N) is 6. The van der Waals surface area contributed by atoms with Crippen LogP contribution in [0.2, 0.25) is 0 Å². The fourth-order valence-corrected chi connectivity index (χ4v) is 4.66. The monoisotopic (exact) mass is 402 g/mol. The quantitative estimate of drug-likeness (QED) is 0.280. The zero-order valence-corrected chi connectivity index (χ0v) is 15.7. The van der Waals surface area contributed by atoms with E-state index in [0.717, 1.165) is 19.6 Å². The predicted molar refractivity (Wildman–Crippen MR) is 101 cm³/mol. The molecule has 0 unspecified atom stereocenters. The van der Waals surface area contributed by atoms with E-state index < -0.39 is 4.92 Å². The Morgan fingerprint density at radius 2 is 2.00 bits per heavy atom. The van der Waals surface area contributed by atoms with E-state index in [2.05, 4.69) is 20.5 Å². The molecule has 130 valence electrons. The first kappa shape index (κ1) is 16.9. The summed E-state index contributed by atoms with van der Waals surface area (Å²) in [5.41, 5.74) is 1.62. The molecule has 2 aromatic carbocycles. The number of thioether (sulfide) groups is 1. The summed E-state index contributed by atoms with van der Waals surface area (Å²) in [4.78, 5) is 16.1. The molecule has 0 aliphatic rings. The van der Waals surface area contributed by atoms with Gasteiger partial charge < -0.3 is 0 Å². The van der Waals surface area contributed by atoms with Crippen LogP contribution in [0.5, 0.6) is 0 Å². The molecule has 8 nitrogen and oxygen atoms in total. The van der Waals surface area contributed by atoms with Crippen LogP contribution in [-0.2, 0) is 0 Å². The van der Waals surface area contributed by atoms with Crippen LogP contribution in [0.1, 0.15) is 0 Å². The smallest absolute Gasteiger partial charge is 0.258 e. The van der Waals surface area contributed by atoms with Gasteiger partial charge in [-0.3, -0.25) is 10.1 Å². The number of nitro benzene ring substituents is 1. The van der Waals surface area contributed by atoms with Gasteiger partial charge in [0.05, 0.1) is 20.8 Å². The lowest BCUT2D eigenvalue weighted by Gasteiger charge is -2.03. The fourth-order valence-electron chi connectivity index (χ4n) is 2.26. The average Bonchev–Trinajstić information content (AvgIpc) is 3.27. The molecule has 0 bridgehead atoms. The van der Waals surface area contributed by atoms with Crippen molar-refractivity contribution in [3.8, 4) is 5.69 Å². The van der Waals surface area contributed by atoms with Gasteiger partial charge >= 0.3 is 0 Å². The highest BCUT2D eigenvalue weighted by Gasteiger charge is 2.15. The van der Waals surface area contributed by atoms with Crippen LogP contribution in [0.15, 0.2) is 56.9 Å². The summed E-state index contributed by atoms with van der Waals surface area (Å²) in [6, 6.07) is 12.6. The topological polar surface area (TPSA) is 99.6 Å². The standard InChI is InChI=1S/C15H10N6O2S3/c1-24-11-5-2-9(3-6-11)20-14(17-18-19-20)26-15-16-12-7-4-10(21(22)23)8-13(12)25-15/h2-8H,1H3. The van der Waals surface area contributed by atoms with E-state index in [-0.39, 0.29) is 5.69 Å². The van der Waals surface area contributed by atoms with Crippen molar-refractivity contribution in [2.75, 3.05) is 6.26 Å². The van der Waals surface area contributed by atoms with E-state index in [1.807, 2.05) is 30.5 Å². The van der Waals surface area contributed by atoms with E-state index in [1.165, 1.54) is 35.2 Å². The summed E-state index contributed by atoms with van der Waals surface area (Å²) < 4.78 is 3.12. The van der Waals surface area contributed by atoms with Crippen molar-refractivity contribution >= 4 is 50.8 Å². The molecule has 2 aromatic heterocycles. The van der Waals surface area contributed by atoms with Crippen LogP contribution in [-0.4, -0.2) is 36.4 Å². The van der Waals surface area contributed by atoms with E-state index in [0.29, 0.717) is 10.7 Å². The third-order valence-electron chi connectivity index (χ3n) is 3.50. The van der Waals surface area contributed by atoms with Crippen molar-refractivity contribution in [1.82, 2.24) is 25.2 Å². The van der Waals surface area contributed by atoms with Crippen molar-refractivity contribution in [2.24, 2.45) is 0 Å². The van der Waals surface area contributed by atoms with Crippen LogP contribution in [0.4, 0.5) is 5.69 Å². The molecule has 4 aromatic rings. The summed E-state index contributed by atoms with van der Waals surface area (Å²) in [5.74, 6) is 0. The van der Waals surface area contributed by atoms with Crippen molar-refractivity contribution < 1.29 is 4.92 Å². The van der Waals surface area contributed by atoms with Crippen LogP contribution in [0.25, 0.3) is 15.9 Å². The fraction of sp³-hybridized carbons (Fsp3) is 0.0667. The second kappa shape index (κ2) is 7.02. The highest BCUT2D eigenvalue weighted by molar-refractivity contribution is 8.01. The van der Waals surface area contributed by atoms with Crippen molar-refractivity contribution in [2.45, 2.75) is 14.4 Å². The Hall–Kier alpha value is -2.50. The number of benzene rings is 2. The van der Waals surface area contributed by atoms with Crippen molar-refractivity contribution in [1.29, 1.82) is 0 Å². The number of non-ortho nitro benzene ring substituents is 1. The maximum atomic E-state index is 10.9. The molecule has 4 rings (SSSR count). The van der Waals surface area contributed by atoms with Gasteiger partial charge in [0, 0.05) is 17.0 Å². The maximum Gasteiger partial charge on any atom is 0.270 e. The Morgan fingerprint density at radius 3 is 2.73 bits per heavy atom. The lowest BCUT2D eigenvalue weighted by Crippen LogP contribution is -1.98. The molecule has 0 fully saturated rings. The summed E-state index contributed by atoms with van der Waals surface area (Å²) >= 11 is 4.36. The van der Waals surface area contributed by atoms with Crippen LogP contribution in [0.3, 0.4) is 0 Å². The summed E-state index contributed by atoms with van der Waals surface area (Å²) in [6.07, 6.45) is 2.02. The molecule has 0 spiro atoms. The minimum absolute atomic E-state index is 0.0522. The molecule has 0 aliphatic heterocycles. The largest absolute Gasteiger partial charge is 0.270 e. The highest BCUT2D eigenvalue weighted by atomic mass is 32.2. The number of hydrogen-bond acceptors (Lipinski definition) is 9. The van der Waals surface area contributed by atoms with Gasteiger partial charge in [0.1, 0.15) is 0 Å². The van der Waals surface area contributed by atoms with Gasteiger partial charge in [-0.2, -0.15) is 4.68 Å². The van der Waals surface area contributed by atoms with Crippen LogP contribution >= 0.6 is 34.9 Å². The molecule has 0 saturated heterocycles. The third-order valence-corrected chi connectivity index (χ3v) is 6.26. The zero-order chi connectivity index (χ0) is 18.1. The van der Waals surface area contributed by atoms with Gasteiger partial charge in [-0.1, -0.05) is 0 Å². The number of tetrazole rings is 1. The lowest BCUT2D eigenvalue weighted by atomic mass is 10.3. The average molecular weight is 402 g/mol. The van der Waals surface area contributed by atoms with Crippen LogP contribution in [0, 0.1) is 10.1 Å². The number of thiazole rings is 1. The number of rotatable bonds is 5. The van der Waals surface area contributed by atoms with Crippen molar-refractivity contribution in [3.63, 3.8) is 0 Å². The van der Waals surface area contributed by atoms with Crippen molar-refractivity contribution in [3.05, 3.63) is 52.6 Å². The second-order valence-electron chi connectivity index (χ2n) is 5.06. The summed E-state index contributed by atoms with van der Waals surface area (Å²) in [5, 5.41) is 23.3. The molecule has 0 saturated carbocycles. The molecular weight excluding hydrogens is 392 g/mol. The third kappa shape index (κ3) is 3.28. The predicted octanol–water partition coefficient (Wildman–Crippen LogP) is 4.05. The molecule has 0 aliphatic carbocycles. The van der Waals surface area contributed by atoms with E-state index >= 15 is 0 Å². The Balaban J connectivity index is 1.64. The SMILES string of the molecule is CSc1ccc(-n2nnnc2Sc2nc3ccc([N+](=O)[O-])cc3s2)cc1. The molecule has 0 N–H and O–H groups in total. The zero-order valence-electron chi connectivity index (χ0n) is 13.3. The Labute approximate surface area is 159 Å². The Kier molecular flexibility index (Phi) is 4.57. The Morgan fingerprint density at radius 1 is 1.19 bits per heavy atom. The van der Waals surface area contributed by atoms with Gasteiger partial charge in [-0.05, 0) is 58.8 Å². The van der Waals surface area contributed by atoms with Gasteiger partial charge in [0.2, 0.25) is 5.16 Å². The van der Waals surface area contributed by atoms with E-state index in [9.17, 15) is 10.1 Å². The van der Waals surface area contributed by atoms with Gasteiger partial charge in [0.15, 0.2) is 4.34 Å². The van der Waals surface area contributed by atoms with Crippen LogP contribution < -0.4 is 0 Å². The number of nitro groups is 1. The molecule has 0 atom stereocenters. The summed E-state index contributed by atoms with van der Waals surface area (Å²) in [6.45, 7) is 0. The van der Waals surface area contributed by atoms with Gasteiger partial charge in [0.25, 0.3) is 5.69 Å². The molecule has 2 heterocycles. The molecular formula is C15H10N6O2S3. The van der Waals surface area contributed by atoms with E-state index in [1.54, 1.807) is 22.5 Å². The number of hydrogen-bond donors (Lipinski definition) is 0. The summed E-state index contributed by atoms with van der Waals surface area (Å²) in [7, 11) is 0. The lowest BCUT2D eigenvalue weighted by molar-refractivity contribution is -0.384. The first-order chi connectivity index (χ1) is 12.6. The molecule has 26 heavy (non-hydrogen) atoms. The number of fused-ring (bicyclic) bond motifs is 1. The normalized spacial score (nSPS) is 11.1. The molecule has 0 amide bonds.